The van der Waals surface area contributed by atoms with Gasteiger partial charge in [-0.15, -0.1) is 11.6 Å². The first-order valence-electron chi connectivity index (χ1n) is 5.66. The van der Waals surface area contributed by atoms with E-state index in [9.17, 15) is 0 Å². The van der Waals surface area contributed by atoms with Crippen LogP contribution in [0.25, 0.3) is 0 Å². The van der Waals surface area contributed by atoms with Gasteiger partial charge in [0.2, 0.25) is 0 Å². The fraction of sp³-hybridized carbons (Fsp3) is 0.583. The highest BCUT2D eigenvalue weighted by Crippen LogP contribution is 2.17. The molecule has 88 valence electrons. The van der Waals surface area contributed by atoms with Crippen molar-refractivity contribution in [1.82, 2.24) is 9.88 Å². The third-order valence-electron chi connectivity index (χ3n) is 2.98. The second-order valence-electron chi connectivity index (χ2n) is 4.40. The van der Waals surface area contributed by atoms with Crippen LogP contribution < -0.4 is 4.90 Å². The summed E-state index contributed by atoms with van der Waals surface area (Å²) in [7, 11) is 2.16. The molecule has 1 aromatic rings. The second kappa shape index (κ2) is 5.02. The zero-order chi connectivity index (χ0) is 11.5. The molecule has 0 atom stereocenters. The van der Waals surface area contributed by atoms with E-state index in [0.29, 0.717) is 5.88 Å². The molecule has 2 heterocycles. The van der Waals surface area contributed by atoms with Crippen LogP contribution in [0, 0.1) is 6.92 Å². The summed E-state index contributed by atoms with van der Waals surface area (Å²) >= 11 is 5.88. The lowest BCUT2D eigenvalue weighted by Crippen LogP contribution is -2.44. The van der Waals surface area contributed by atoms with Crippen LogP contribution in [-0.2, 0) is 5.88 Å². The highest BCUT2D eigenvalue weighted by atomic mass is 35.5. The van der Waals surface area contributed by atoms with E-state index in [0.717, 1.165) is 43.3 Å². The fourth-order valence-electron chi connectivity index (χ4n) is 2.00. The lowest BCUT2D eigenvalue weighted by atomic mass is 10.2. The average molecular weight is 240 g/mol. The minimum Gasteiger partial charge on any atom is -0.354 e. The molecule has 0 N–H and O–H groups in total. The number of pyridine rings is 1. The van der Waals surface area contributed by atoms with Crippen molar-refractivity contribution in [3.8, 4) is 0 Å². The predicted molar refractivity (Wildman–Crippen MR) is 68.2 cm³/mol. The van der Waals surface area contributed by atoms with Gasteiger partial charge in [-0.3, -0.25) is 0 Å². The van der Waals surface area contributed by atoms with Crippen LogP contribution in [0.1, 0.15) is 11.3 Å². The Morgan fingerprint density at radius 3 is 2.56 bits per heavy atom. The van der Waals surface area contributed by atoms with Gasteiger partial charge in [-0.1, -0.05) is 0 Å². The summed E-state index contributed by atoms with van der Waals surface area (Å²) in [5, 5.41) is 0. The molecule has 1 fully saturated rings. The van der Waals surface area contributed by atoms with Crippen molar-refractivity contribution in [2.24, 2.45) is 0 Å². The molecule has 3 nitrogen and oxygen atoms in total. The summed E-state index contributed by atoms with van der Waals surface area (Å²) in [5.41, 5.74) is 2.20. The number of nitrogens with zero attached hydrogens (tertiary/aromatic N) is 3. The van der Waals surface area contributed by atoms with Crippen LogP contribution >= 0.6 is 11.6 Å². The Morgan fingerprint density at radius 1 is 1.25 bits per heavy atom. The first-order chi connectivity index (χ1) is 7.69. The summed E-state index contributed by atoms with van der Waals surface area (Å²) in [6.07, 6.45) is 0. The summed E-state index contributed by atoms with van der Waals surface area (Å²) in [5.74, 6) is 1.63. The van der Waals surface area contributed by atoms with Gasteiger partial charge in [0.15, 0.2) is 0 Å². The van der Waals surface area contributed by atoms with Crippen molar-refractivity contribution in [3.05, 3.63) is 23.4 Å². The Morgan fingerprint density at radius 2 is 1.94 bits per heavy atom. The largest absolute Gasteiger partial charge is 0.354 e. The van der Waals surface area contributed by atoms with Gasteiger partial charge in [-0.2, -0.15) is 0 Å². The van der Waals surface area contributed by atoms with Crippen molar-refractivity contribution in [2.75, 3.05) is 38.1 Å². The van der Waals surface area contributed by atoms with E-state index in [1.807, 2.05) is 13.0 Å². The zero-order valence-electron chi connectivity index (χ0n) is 9.91. The number of piperazine rings is 1. The molecule has 0 spiro atoms. The van der Waals surface area contributed by atoms with Gasteiger partial charge in [0.1, 0.15) is 5.82 Å². The van der Waals surface area contributed by atoms with Crippen LogP contribution in [0.2, 0.25) is 0 Å². The molecule has 4 heteroatoms. The Hall–Kier alpha value is -0.800. The molecule has 0 amide bonds. The van der Waals surface area contributed by atoms with E-state index in [4.69, 9.17) is 11.6 Å². The van der Waals surface area contributed by atoms with E-state index in [2.05, 4.69) is 27.9 Å². The third-order valence-corrected chi connectivity index (χ3v) is 3.29. The summed E-state index contributed by atoms with van der Waals surface area (Å²) < 4.78 is 0. The Kier molecular flexibility index (Phi) is 3.66. The van der Waals surface area contributed by atoms with Gasteiger partial charge in [-0.25, -0.2) is 4.98 Å². The molecule has 16 heavy (non-hydrogen) atoms. The highest BCUT2D eigenvalue weighted by molar-refractivity contribution is 6.17. The molecular weight excluding hydrogens is 222 g/mol. The molecular formula is C12H18ClN3. The van der Waals surface area contributed by atoms with Gasteiger partial charge in [0.25, 0.3) is 0 Å². The lowest BCUT2D eigenvalue weighted by molar-refractivity contribution is 0.312. The SMILES string of the molecule is Cc1cc(CCl)cc(N2CCN(C)CC2)n1. The van der Waals surface area contributed by atoms with Crippen molar-refractivity contribution in [3.63, 3.8) is 0 Å². The van der Waals surface area contributed by atoms with Crippen molar-refractivity contribution < 1.29 is 0 Å². The van der Waals surface area contributed by atoms with Gasteiger partial charge >= 0.3 is 0 Å². The van der Waals surface area contributed by atoms with E-state index < -0.39 is 0 Å². The van der Waals surface area contributed by atoms with Crippen LogP contribution in [0.5, 0.6) is 0 Å². The van der Waals surface area contributed by atoms with Crippen LogP contribution in [0.3, 0.4) is 0 Å². The van der Waals surface area contributed by atoms with Gasteiger partial charge in [-0.05, 0) is 31.7 Å². The molecule has 1 aliphatic rings. The van der Waals surface area contributed by atoms with Gasteiger partial charge in [0.05, 0.1) is 0 Å². The molecule has 0 aromatic carbocycles. The predicted octanol–water partition coefficient (Wildman–Crippen LogP) is 1.88. The summed E-state index contributed by atoms with van der Waals surface area (Å²) in [6, 6.07) is 4.15. The van der Waals surface area contributed by atoms with E-state index >= 15 is 0 Å². The smallest absolute Gasteiger partial charge is 0.129 e. The Bertz CT molecular complexity index is 359. The maximum absolute atomic E-state index is 5.88. The minimum absolute atomic E-state index is 0.560. The number of halogens is 1. The number of likely N-dealkylation sites (N-methyl/N-ethyl adjacent to an activating group) is 1. The number of hydrogen-bond donors (Lipinski definition) is 0. The topological polar surface area (TPSA) is 19.4 Å². The van der Waals surface area contributed by atoms with Crippen LogP contribution in [0.4, 0.5) is 5.82 Å². The molecule has 0 aliphatic carbocycles. The standard InChI is InChI=1S/C12H18ClN3/c1-10-7-11(9-13)8-12(14-10)16-5-3-15(2)4-6-16/h7-8H,3-6,9H2,1-2H3. The number of alkyl halides is 1. The maximum Gasteiger partial charge on any atom is 0.129 e. The molecule has 1 saturated heterocycles. The zero-order valence-corrected chi connectivity index (χ0v) is 10.7. The molecule has 0 radical (unpaired) electrons. The fourth-order valence-corrected chi connectivity index (χ4v) is 2.15. The number of hydrogen-bond acceptors (Lipinski definition) is 3. The number of aromatic nitrogens is 1. The molecule has 0 bridgehead atoms. The quantitative estimate of drug-likeness (QED) is 0.735. The third kappa shape index (κ3) is 2.66. The van der Waals surface area contributed by atoms with Crippen LogP contribution in [0.15, 0.2) is 12.1 Å². The van der Waals surface area contributed by atoms with E-state index in [1.54, 1.807) is 0 Å². The Balaban J connectivity index is 2.16. The molecule has 1 aliphatic heterocycles. The molecule has 1 aromatic heterocycles. The second-order valence-corrected chi connectivity index (χ2v) is 4.67. The molecule has 0 saturated carbocycles. The van der Waals surface area contributed by atoms with Gasteiger partial charge < -0.3 is 9.80 Å². The summed E-state index contributed by atoms with van der Waals surface area (Å²) in [6.45, 7) is 6.33. The first-order valence-corrected chi connectivity index (χ1v) is 6.19. The van der Waals surface area contributed by atoms with E-state index in [1.165, 1.54) is 0 Å². The number of anilines is 1. The minimum atomic E-state index is 0.560. The van der Waals surface area contributed by atoms with Gasteiger partial charge in [0, 0.05) is 37.8 Å². The molecule has 0 unspecified atom stereocenters. The molecule has 2 rings (SSSR count). The first kappa shape index (κ1) is 11.7. The lowest BCUT2D eigenvalue weighted by Gasteiger charge is -2.33. The van der Waals surface area contributed by atoms with Crippen molar-refractivity contribution in [1.29, 1.82) is 0 Å². The number of aryl methyl sites for hydroxylation is 1. The number of rotatable bonds is 2. The summed E-state index contributed by atoms with van der Waals surface area (Å²) in [4.78, 5) is 9.26. The average Bonchev–Trinajstić information content (AvgIpc) is 2.29. The van der Waals surface area contributed by atoms with E-state index in [-0.39, 0.29) is 0 Å². The van der Waals surface area contributed by atoms with Crippen molar-refractivity contribution in [2.45, 2.75) is 12.8 Å². The maximum atomic E-state index is 5.88. The van der Waals surface area contributed by atoms with Crippen LogP contribution in [-0.4, -0.2) is 43.1 Å². The van der Waals surface area contributed by atoms with Crippen molar-refractivity contribution >= 4 is 17.4 Å². The highest BCUT2D eigenvalue weighted by Gasteiger charge is 2.15. The Labute approximate surface area is 102 Å². The normalized spacial score (nSPS) is 17.8. The monoisotopic (exact) mass is 239 g/mol.